The van der Waals surface area contributed by atoms with E-state index in [4.69, 9.17) is 0 Å². The molecule has 3 aliphatic heterocycles. The summed E-state index contributed by atoms with van der Waals surface area (Å²) in [6, 6.07) is 0.602. The van der Waals surface area contributed by atoms with Gasteiger partial charge in [-0.2, -0.15) is 0 Å². The molecule has 3 saturated heterocycles. The van der Waals surface area contributed by atoms with Crippen LogP contribution in [0.15, 0.2) is 6.20 Å². The lowest BCUT2D eigenvalue weighted by Gasteiger charge is -2.49. The zero-order valence-electron chi connectivity index (χ0n) is 16.6. The molecule has 4 unspecified atom stereocenters. The Morgan fingerprint density at radius 3 is 2.81 bits per heavy atom. The lowest BCUT2D eigenvalue weighted by Crippen LogP contribution is -2.58. The van der Waals surface area contributed by atoms with Crippen molar-refractivity contribution in [3.8, 4) is 0 Å². The summed E-state index contributed by atoms with van der Waals surface area (Å²) >= 11 is 0. The van der Waals surface area contributed by atoms with Crippen molar-refractivity contribution in [2.75, 3.05) is 13.1 Å². The van der Waals surface area contributed by atoms with Crippen molar-refractivity contribution in [2.45, 2.75) is 83.0 Å². The molecule has 2 N–H and O–H groups in total. The highest BCUT2D eigenvalue weighted by molar-refractivity contribution is 5.79. The lowest BCUT2D eigenvalue weighted by molar-refractivity contribution is -0.133. The molecule has 4 heterocycles. The lowest BCUT2D eigenvalue weighted by atomic mass is 9.75. The Morgan fingerprint density at radius 2 is 2.15 bits per heavy atom. The number of nitrogens with one attached hydrogen (secondary N) is 1. The number of hydrogen-bond donors (Lipinski definition) is 2. The van der Waals surface area contributed by atoms with Gasteiger partial charge in [0.1, 0.15) is 11.3 Å². The smallest absolute Gasteiger partial charge is 0.224 e. The minimum Gasteiger partial charge on any atom is -0.383 e. The van der Waals surface area contributed by atoms with E-state index in [0.717, 1.165) is 63.9 Å². The van der Waals surface area contributed by atoms with Crippen LogP contribution in [-0.2, 0) is 16.9 Å². The molecule has 5 rings (SSSR count). The van der Waals surface area contributed by atoms with Gasteiger partial charge in [-0.25, -0.2) is 0 Å². The zero-order chi connectivity index (χ0) is 19.0. The van der Waals surface area contributed by atoms with Crippen LogP contribution >= 0.6 is 0 Å². The number of nitrogens with zero attached hydrogens (tertiary/aromatic N) is 4. The summed E-state index contributed by atoms with van der Waals surface area (Å²) in [6.45, 7) is 6.74. The minimum absolute atomic E-state index is 0.117. The fourth-order valence-electron chi connectivity index (χ4n) is 5.23. The molecule has 27 heavy (non-hydrogen) atoms. The highest BCUT2D eigenvalue weighted by atomic mass is 16.3. The number of carbonyl (C=O) groups excluding carboxylic acids is 1. The Hall–Kier alpha value is -1.47. The van der Waals surface area contributed by atoms with Gasteiger partial charge in [0, 0.05) is 18.6 Å². The minimum atomic E-state index is -0.789. The standard InChI is InChI=1S/C20H33N5O2/c1-14(2)21-19(26)17-12-24-9-6-15(17)10-16(24)11-25-13-18(22-23-25)20(27)7-4-3-5-8-20/h13-17,27H,3-12H2,1-2H3,(H,21,26). The average Bonchev–Trinajstić information content (AvgIpc) is 3.12. The number of carbonyl (C=O) groups is 1. The Bertz CT molecular complexity index is 667. The number of hydrogen-bond acceptors (Lipinski definition) is 5. The van der Waals surface area contributed by atoms with Crippen molar-refractivity contribution in [3.63, 3.8) is 0 Å². The van der Waals surface area contributed by atoms with Crippen molar-refractivity contribution in [1.82, 2.24) is 25.2 Å². The van der Waals surface area contributed by atoms with Gasteiger partial charge in [-0.3, -0.25) is 14.4 Å². The highest BCUT2D eigenvalue weighted by Gasteiger charge is 2.43. The van der Waals surface area contributed by atoms with Gasteiger partial charge in [0.25, 0.3) is 0 Å². The molecule has 7 heteroatoms. The molecule has 1 saturated carbocycles. The molecule has 0 aromatic carbocycles. The first-order chi connectivity index (χ1) is 12.9. The largest absolute Gasteiger partial charge is 0.383 e. The molecule has 1 aromatic heterocycles. The molecule has 4 fully saturated rings. The zero-order valence-corrected chi connectivity index (χ0v) is 16.6. The van der Waals surface area contributed by atoms with Gasteiger partial charge in [0.15, 0.2) is 0 Å². The maximum Gasteiger partial charge on any atom is 0.224 e. The molecule has 0 radical (unpaired) electrons. The monoisotopic (exact) mass is 375 g/mol. The third-order valence-corrected chi connectivity index (χ3v) is 6.74. The second kappa shape index (κ2) is 7.51. The predicted molar refractivity (Wildman–Crippen MR) is 102 cm³/mol. The highest BCUT2D eigenvalue weighted by Crippen LogP contribution is 2.38. The van der Waals surface area contributed by atoms with E-state index < -0.39 is 5.60 Å². The molecule has 4 aliphatic rings. The van der Waals surface area contributed by atoms with E-state index in [1.54, 1.807) is 0 Å². The molecule has 0 spiro atoms. The van der Waals surface area contributed by atoms with Crippen LogP contribution in [-0.4, -0.2) is 56.1 Å². The number of amides is 1. The van der Waals surface area contributed by atoms with Crippen LogP contribution in [0, 0.1) is 11.8 Å². The second-order valence-corrected chi connectivity index (χ2v) is 9.12. The van der Waals surface area contributed by atoms with E-state index in [1.165, 1.54) is 6.42 Å². The quantitative estimate of drug-likeness (QED) is 0.818. The van der Waals surface area contributed by atoms with Gasteiger partial charge < -0.3 is 10.4 Å². The first-order valence-corrected chi connectivity index (χ1v) is 10.6. The van der Waals surface area contributed by atoms with Gasteiger partial charge >= 0.3 is 0 Å². The van der Waals surface area contributed by atoms with Crippen LogP contribution in [0.25, 0.3) is 0 Å². The van der Waals surface area contributed by atoms with Crippen molar-refractivity contribution in [1.29, 1.82) is 0 Å². The number of aliphatic hydroxyl groups is 1. The number of piperidine rings is 3. The second-order valence-electron chi connectivity index (χ2n) is 9.12. The predicted octanol–water partition coefficient (Wildman–Crippen LogP) is 1.66. The summed E-state index contributed by atoms with van der Waals surface area (Å²) in [5, 5.41) is 22.6. The van der Waals surface area contributed by atoms with Crippen LogP contribution in [0.4, 0.5) is 0 Å². The van der Waals surface area contributed by atoms with Crippen LogP contribution < -0.4 is 5.32 Å². The fraction of sp³-hybridized carbons (Fsp3) is 0.850. The third-order valence-electron chi connectivity index (χ3n) is 6.74. The SMILES string of the molecule is CC(C)NC(=O)C1CN2CCC1CC2Cn1cc(C2(O)CCCCC2)nn1. The summed E-state index contributed by atoms with van der Waals surface area (Å²) < 4.78 is 1.90. The fourth-order valence-corrected chi connectivity index (χ4v) is 5.23. The van der Waals surface area contributed by atoms with E-state index in [2.05, 4.69) is 20.5 Å². The van der Waals surface area contributed by atoms with E-state index in [1.807, 2.05) is 24.7 Å². The summed E-state index contributed by atoms with van der Waals surface area (Å²) in [7, 11) is 0. The normalized spacial score (nSPS) is 32.6. The van der Waals surface area contributed by atoms with E-state index in [9.17, 15) is 9.90 Å². The Kier molecular flexibility index (Phi) is 5.25. The average molecular weight is 376 g/mol. The molecule has 7 nitrogen and oxygen atoms in total. The summed E-state index contributed by atoms with van der Waals surface area (Å²) in [5.41, 5.74) is -0.0603. The Balaban J connectivity index is 1.38. The van der Waals surface area contributed by atoms with Crippen LogP contribution in [0.3, 0.4) is 0 Å². The molecule has 1 aromatic rings. The molecule has 4 atom stereocenters. The summed E-state index contributed by atoms with van der Waals surface area (Å²) in [5.74, 6) is 0.789. The Labute approximate surface area is 161 Å². The third kappa shape index (κ3) is 3.90. The summed E-state index contributed by atoms with van der Waals surface area (Å²) in [4.78, 5) is 14.9. The van der Waals surface area contributed by atoms with Crippen LogP contribution in [0.5, 0.6) is 0 Å². The summed E-state index contributed by atoms with van der Waals surface area (Å²) in [6.07, 6.45) is 8.97. The van der Waals surface area contributed by atoms with Crippen molar-refractivity contribution >= 4 is 5.91 Å². The maximum atomic E-state index is 12.5. The topological polar surface area (TPSA) is 83.3 Å². The molecule has 1 amide bonds. The van der Waals surface area contributed by atoms with Crippen molar-refractivity contribution in [3.05, 3.63) is 11.9 Å². The van der Waals surface area contributed by atoms with Gasteiger partial charge in [-0.05, 0) is 52.0 Å². The molecule has 150 valence electrons. The maximum absolute atomic E-state index is 12.5. The number of fused-ring (bicyclic) bond motifs is 3. The molecule has 2 bridgehead atoms. The van der Waals surface area contributed by atoms with E-state index in [-0.39, 0.29) is 17.9 Å². The van der Waals surface area contributed by atoms with Gasteiger partial charge in [-0.1, -0.05) is 24.5 Å². The first-order valence-electron chi connectivity index (χ1n) is 10.6. The van der Waals surface area contributed by atoms with Crippen molar-refractivity contribution < 1.29 is 9.90 Å². The van der Waals surface area contributed by atoms with Crippen molar-refractivity contribution in [2.24, 2.45) is 11.8 Å². The molecular formula is C20H33N5O2. The number of aromatic nitrogens is 3. The van der Waals surface area contributed by atoms with Gasteiger partial charge in [0.2, 0.25) is 5.91 Å². The first kappa shape index (κ1) is 18.9. The molecule has 1 aliphatic carbocycles. The van der Waals surface area contributed by atoms with Crippen LogP contribution in [0.2, 0.25) is 0 Å². The molecular weight excluding hydrogens is 342 g/mol. The Morgan fingerprint density at radius 1 is 1.37 bits per heavy atom. The number of rotatable bonds is 5. The van der Waals surface area contributed by atoms with Gasteiger partial charge in [-0.15, -0.1) is 5.10 Å². The van der Waals surface area contributed by atoms with Gasteiger partial charge in [0.05, 0.1) is 18.7 Å². The van der Waals surface area contributed by atoms with E-state index in [0.29, 0.717) is 12.0 Å². The van der Waals surface area contributed by atoms with Crippen LogP contribution in [0.1, 0.15) is 64.5 Å². The van der Waals surface area contributed by atoms with E-state index >= 15 is 0 Å².